The third-order valence-electron chi connectivity index (χ3n) is 6.43. The van der Waals surface area contributed by atoms with Crippen molar-refractivity contribution in [2.75, 3.05) is 24.7 Å². The Morgan fingerprint density at radius 2 is 1.59 bits per heavy atom. The van der Waals surface area contributed by atoms with E-state index in [0.717, 1.165) is 5.56 Å². The number of carbonyl (C=O) groups is 1. The number of carbonyl (C=O) groups excluding carboxylic acids is 1. The van der Waals surface area contributed by atoms with Gasteiger partial charge in [-0.2, -0.15) is 0 Å². The molecule has 5 nitrogen and oxygen atoms in total. The summed E-state index contributed by atoms with van der Waals surface area (Å²) in [5, 5.41) is 0. The number of para-hydroxylation sites is 1. The van der Waals surface area contributed by atoms with Crippen molar-refractivity contribution in [2.45, 2.75) is 18.4 Å². The van der Waals surface area contributed by atoms with Gasteiger partial charge in [-0.25, -0.2) is 8.78 Å². The third-order valence-corrected chi connectivity index (χ3v) is 6.43. The summed E-state index contributed by atoms with van der Waals surface area (Å²) >= 11 is 0. The van der Waals surface area contributed by atoms with Gasteiger partial charge in [-0.1, -0.05) is 42.5 Å². The molecule has 0 radical (unpaired) electrons. The van der Waals surface area contributed by atoms with Gasteiger partial charge in [0.1, 0.15) is 31.0 Å². The Labute approximate surface area is 183 Å². The van der Waals surface area contributed by atoms with Crippen LogP contribution in [0.2, 0.25) is 0 Å². The maximum absolute atomic E-state index is 14.0. The fourth-order valence-corrected chi connectivity index (χ4v) is 4.93. The quantitative estimate of drug-likeness (QED) is 0.602. The molecule has 6 rings (SSSR count). The van der Waals surface area contributed by atoms with E-state index in [1.54, 1.807) is 29.2 Å². The van der Waals surface area contributed by atoms with Gasteiger partial charge in [-0.15, -0.1) is 0 Å². The van der Waals surface area contributed by atoms with Gasteiger partial charge in [0.15, 0.2) is 11.5 Å². The van der Waals surface area contributed by atoms with Crippen molar-refractivity contribution in [3.05, 3.63) is 82.9 Å². The number of benzene rings is 3. The molecular weight excluding hydrogens is 416 g/mol. The molecule has 0 aliphatic carbocycles. The van der Waals surface area contributed by atoms with Gasteiger partial charge in [0.2, 0.25) is 5.91 Å². The molecular formula is C25H19F2NO4. The molecule has 0 saturated heterocycles. The number of ether oxygens (including phenoxy) is 3. The van der Waals surface area contributed by atoms with E-state index in [-0.39, 0.29) is 24.6 Å². The fraction of sp³-hybridized carbons (Fsp3) is 0.240. The number of anilines is 1. The SMILES string of the molecule is O=C1N(Cc2ccccc2C(F)F)c2ccccc2C12COc1cc3c(cc12)OCCO3. The maximum atomic E-state index is 14.0. The number of fused-ring (bicyclic) bond motifs is 5. The summed E-state index contributed by atoms with van der Waals surface area (Å²) in [5.74, 6) is 1.55. The van der Waals surface area contributed by atoms with Crippen molar-refractivity contribution < 1.29 is 27.8 Å². The largest absolute Gasteiger partial charge is 0.491 e. The molecule has 7 heteroatoms. The first-order valence-electron chi connectivity index (χ1n) is 10.4. The molecule has 1 atom stereocenters. The molecule has 0 aromatic heterocycles. The Balaban J connectivity index is 1.48. The van der Waals surface area contributed by atoms with Gasteiger partial charge >= 0.3 is 0 Å². The van der Waals surface area contributed by atoms with E-state index in [0.29, 0.717) is 47.3 Å². The van der Waals surface area contributed by atoms with Crippen molar-refractivity contribution in [3.63, 3.8) is 0 Å². The van der Waals surface area contributed by atoms with Crippen molar-refractivity contribution >= 4 is 11.6 Å². The first-order chi connectivity index (χ1) is 15.6. The van der Waals surface area contributed by atoms with Gasteiger partial charge in [0.05, 0.1) is 6.54 Å². The second-order valence-electron chi connectivity index (χ2n) is 8.09. The first-order valence-corrected chi connectivity index (χ1v) is 10.4. The summed E-state index contributed by atoms with van der Waals surface area (Å²) in [5.41, 5.74) is 1.51. The molecule has 3 aliphatic rings. The van der Waals surface area contributed by atoms with Crippen molar-refractivity contribution in [3.8, 4) is 17.2 Å². The highest BCUT2D eigenvalue weighted by Gasteiger charge is 2.57. The van der Waals surface area contributed by atoms with Crippen LogP contribution in [0.1, 0.15) is 28.7 Å². The Kier molecular flexibility index (Phi) is 4.15. The summed E-state index contributed by atoms with van der Waals surface area (Å²) in [6.45, 7) is 1.07. The fourth-order valence-electron chi connectivity index (χ4n) is 4.93. The predicted molar refractivity (Wildman–Crippen MR) is 113 cm³/mol. The standard InChI is InChI=1S/C25H19F2NO4/c26-23(27)16-6-2-1-5-15(16)13-28-19-8-4-3-7-17(19)25(24(28)29)14-32-20-12-22-21(11-18(20)25)30-9-10-31-22/h1-8,11-12,23H,9-10,13-14H2. The number of hydrogen-bond acceptors (Lipinski definition) is 4. The summed E-state index contributed by atoms with van der Waals surface area (Å²) in [7, 11) is 0. The number of halogens is 2. The Morgan fingerprint density at radius 3 is 2.41 bits per heavy atom. The van der Waals surface area contributed by atoms with Crippen LogP contribution in [0.4, 0.5) is 14.5 Å². The summed E-state index contributed by atoms with van der Waals surface area (Å²) in [6.07, 6.45) is -2.62. The second kappa shape index (κ2) is 6.95. The van der Waals surface area contributed by atoms with Crippen LogP contribution in [0.3, 0.4) is 0 Å². The summed E-state index contributed by atoms with van der Waals surface area (Å²) in [4.78, 5) is 15.6. The van der Waals surface area contributed by atoms with E-state index in [2.05, 4.69) is 0 Å². The average molecular weight is 435 g/mol. The van der Waals surface area contributed by atoms with Crippen molar-refractivity contribution in [2.24, 2.45) is 0 Å². The van der Waals surface area contributed by atoms with Gasteiger partial charge in [-0.05, 0) is 23.3 Å². The van der Waals surface area contributed by atoms with Gasteiger partial charge in [0, 0.05) is 22.9 Å². The van der Waals surface area contributed by atoms with Gasteiger partial charge < -0.3 is 19.1 Å². The lowest BCUT2D eigenvalue weighted by Crippen LogP contribution is -2.42. The van der Waals surface area contributed by atoms with Crippen molar-refractivity contribution in [1.29, 1.82) is 0 Å². The maximum Gasteiger partial charge on any atom is 0.264 e. The van der Waals surface area contributed by atoms with Crippen LogP contribution in [0.25, 0.3) is 0 Å². The third kappa shape index (κ3) is 2.57. The number of hydrogen-bond donors (Lipinski definition) is 0. The van der Waals surface area contributed by atoms with Crippen LogP contribution in [-0.2, 0) is 16.8 Å². The lowest BCUT2D eigenvalue weighted by Gasteiger charge is -2.25. The zero-order valence-electron chi connectivity index (χ0n) is 17.0. The normalized spacial score (nSPS) is 20.5. The predicted octanol–water partition coefficient (Wildman–Crippen LogP) is 4.62. The van der Waals surface area contributed by atoms with Crippen LogP contribution in [0.5, 0.6) is 17.2 Å². The zero-order chi connectivity index (χ0) is 21.9. The van der Waals surface area contributed by atoms with Crippen molar-refractivity contribution in [1.82, 2.24) is 0 Å². The lowest BCUT2D eigenvalue weighted by atomic mass is 9.77. The van der Waals surface area contributed by atoms with E-state index in [9.17, 15) is 13.6 Å². The molecule has 3 aromatic rings. The first kappa shape index (κ1) is 19.1. The van der Waals surface area contributed by atoms with Crippen LogP contribution in [0, 0.1) is 0 Å². The zero-order valence-corrected chi connectivity index (χ0v) is 17.0. The highest BCUT2D eigenvalue weighted by atomic mass is 19.3. The Hall–Kier alpha value is -3.61. The minimum absolute atomic E-state index is 0.0536. The van der Waals surface area contributed by atoms with Gasteiger partial charge in [-0.3, -0.25) is 4.79 Å². The molecule has 3 heterocycles. The van der Waals surface area contributed by atoms with E-state index in [4.69, 9.17) is 14.2 Å². The molecule has 0 N–H and O–H groups in total. The second-order valence-corrected chi connectivity index (χ2v) is 8.09. The molecule has 162 valence electrons. The molecule has 3 aliphatic heterocycles. The summed E-state index contributed by atoms with van der Waals surface area (Å²) in [6, 6.07) is 17.4. The van der Waals surface area contributed by atoms with Crippen LogP contribution >= 0.6 is 0 Å². The van der Waals surface area contributed by atoms with Crippen LogP contribution in [0.15, 0.2) is 60.7 Å². The highest BCUT2D eigenvalue weighted by molar-refractivity contribution is 6.11. The highest BCUT2D eigenvalue weighted by Crippen LogP contribution is 2.55. The monoisotopic (exact) mass is 435 g/mol. The van der Waals surface area contributed by atoms with Crippen LogP contribution < -0.4 is 19.1 Å². The van der Waals surface area contributed by atoms with Crippen LogP contribution in [-0.4, -0.2) is 25.7 Å². The summed E-state index contributed by atoms with van der Waals surface area (Å²) < 4.78 is 44.6. The smallest absolute Gasteiger partial charge is 0.264 e. The topological polar surface area (TPSA) is 48.0 Å². The minimum atomic E-state index is -2.62. The number of alkyl halides is 2. The molecule has 32 heavy (non-hydrogen) atoms. The van der Waals surface area contributed by atoms with Gasteiger partial charge in [0.25, 0.3) is 6.43 Å². The molecule has 0 bridgehead atoms. The minimum Gasteiger partial charge on any atom is -0.491 e. The molecule has 3 aromatic carbocycles. The molecule has 1 amide bonds. The molecule has 0 saturated carbocycles. The van der Waals surface area contributed by atoms with E-state index in [1.807, 2.05) is 30.3 Å². The van der Waals surface area contributed by atoms with E-state index in [1.165, 1.54) is 6.07 Å². The average Bonchev–Trinajstić information content (AvgIpc) is 3.30. The molecule has 1 spiro atoms. The Bertz CT molecular complexity index is 1240. The molecule has 0 fully saturated rings. The van der Waals surface area contributed by atoms with E-state index < -0.39 is 11.8 Å². The number of rotatable bonds is 3. The number of amides is 1. The Morgan fingerprint density at radius 1 is 0.875 bits per heavy atom. The number of nitrogens with zero attached hydrogens (tertiary/aromatic N) is 1. The van der Waals surface area contributed by atoms with E-state index >= 15 is 0 Å². The molecule has 1 unspecified atom stereocenters. The lowest BCUT2D eigenvalue weighted by molar-refractivity contribution is -0.122.